The molecule has 7 nitrogen and oxygen atoms in total. The van der Waals surface area contributed by atoms with Crippen molar-refractivity contribution < 1.29 is 14.6 Å². The molecule has 21 heavy (non-hydrogen) atoms. The molecule has 0 fully saturated rings. The molecule has 0 bridgehead atoms. The predicted molar refractivity (Wildman–Crippen MR) is 74.2 cm³/mol. The van der Waals surface area contributed by atoms with Gasteiger partial charge in [-0.2, -0.15) is 0 Å². The Hall–Kier alpha value is -2.96. The number of carboxylic acids is 1. The molecule has 0 spiro atoms. The Morgan fingerprint density at radius 1 is 1.33 bits per heavy atom. The van der Waals surface area contributed by atoms with Gasteiger partial charge in [0.2, 0.25) is 0 Å². The van der Waals surface area contributed by atoms with Crippen LogP contribution in [0.4, 0.5) is 0 Å². The number of benzene rings is 1. The van der Waals surface area contributed by atoms with E-state index in [9.17, 15) is 4.79 Å². The van der Waals surface area contributed by atoms with E-state index >= 15 is 0 Å². The normalized spacial score (nSPS) is 10.7. The van der Waals surface area contributed by atoms with Gasteiger partial charge in [0, 0.05) is 17.6 Å². The summed E-state index contributed by atoms with van der Waals surface area (Å²) in [6.45, 7) is 0.779. The van der Waals surface area contributed by atoms with Gasteiger partial charge in [0.15, 0.2) is 5.69 Å². The third-order valence-corrected chi connectivity index (χ3v) is 2.92. The van der Waals surface area contributed by atoms with Gasteiger partial charge in [-0.3, -0.25) is 4.98 Å². The topological polar surface area (TPSA) is 90.1 Å². The second-order valence-corrected chi connectivity index (χ2v) is 4.38. The first kappa shape index (κ1) is 13.0. The molecule has 0 saturated carbocycles. The number of pyridine rings is 1. The lowest BCUT2D eigenvalue weighted by molar-refractivity contribution is 0.0690. The molecule has 0 aliphatic rings. The summed E-state index contributed by atoms with van der Waals surface area (Å²) in [5, 5.41) is 17.0. The van der Waals surface area contributed by atoms with E-state index < -0.39 is 5.97 Å². The lowest BCUT2D eigenvalue weighted by atomic mass is 10.2. The van der Waals surface area contributed by atoms with Crippen LogP contribution < -0.4 is 4.74 Å². The van der Waals surface area contributed by atoms with Gasteiger partial charge in [-0.1, -0.05) is 11.3 Å². The summed E-state index contributed by atoms with van der Waals surface area (Å²) >= 11 is 0. The first-order valence-electron chi connectivity index (χ1n) is 6.33. The van der Waals surface area contributed by atoms with Crippen molar-refractivity contribution in [3.63, 3.8) is 0 Å². The largest absolute Gasteiger partial charge is 0.492 e. The first-order chi connectivity index (χ1) is 10.2. The molecule has 3 aromatic rings. The fourth-order valence-electron chi connectivity index (χ4n) is 1.90. The number of nitrogens with zero attached hydrogens (tertiary/aromatic N) is 4. The van der Waals surface area contributed by atoms with Crippen LogP contribution in [0.1, 0.15) is 10.5 Å². The Balaban J connectivity index is 1.62. The van der Waals surface area contributed by atoms with Gasteiger partial charge in [0.1, 0.15) is 12.4 Å². The highest BCUT2D eigenvalue weighted by Gasteiger charge is 2.07. The highest BCUT2D eigenvalue weighted by atomic mass is 16.5. The van der Waals surface area contributed by atoms with Crippen molar-refractivity contribution in [2.24, 2.45) is 0 Å². The summed E-state index contributed by atoms with van der Waals surface area (Å²) in [5.74, 6) is -0.387. The monoisotopic (exact) mass is 284 g/mol. The lowest BCUT2D eigenvalue weighted by Gasteiger charge is -2.06. The van der Waals surface area contributed by atoms with Gasteiger partial charge < -0.3 is 9.84 Å². The van der Waals surface area contributed by atoms with Crippen molar-refractivity contribution in [1.82, 2.24) is 20.0 Å². The minimum Gasteiger partial charge on any atom is -0.492 e. The first-order valence-corrected chi connectivity index (χ1v) is 6.33. The maximum atomic E-state index is 10.7. The van der Waals surface area contributed by atoms with E-state index in [2.05, 4.69) is 15.3 Å². The smallest absolute Gasteiger partial charge is 0.358 e. The molecule has 3 rings (SSSR count). The van der Waals surface area contributed by atoms with E-state index in [4.69, 9.17) is 9.84 Å². The number of hydrogen-bond donors (Lipinski definition) is 1. The number of carboxylic acid groups (broad SMARTS) is 1. The van der Waals surface area contributed by atoms with Crippen LogP contribution in [0.15, 0.2) is 42.7 Å². The van der Waals surface area contributed by atoms with Crippen molar-refractivity contribution in [3.8, 4) is 5.75 Å². The Kier molecular flexibility index (Phi) is 3.46. The van der Waals surface area contributed by atoms with Crippen molar-refractivity contribution >= 4 is 16.9 Å². The number of carbonyl (C=O) groups is 1. The van der Waals surface area contributed by atoms with Crippen molar-refractivity contribution in [2.45, 2.75) is 6.54 Å². The molecule has 0 aliphatic carbocycles. The summed E-state index contributed by atoms with van der Waals surface area (Å²) in [4.78, 5) is 14.9. The zero-order chi connectivity index (χ0) is 14.7. The molecule has 0 saturated heterocycles. The molecule has 1 N–H and O–H groups in total. The van der Waals surface area contributed by atoms with E-state index in [0.717, 1.165) is 10.9 Å². The molecule has 0 amide bonds. The third kappa shape index (κ3) is 2.97. The summed E-state index contributed by atoms with van der Waals surface area (Å²) in [5.41, 5.74) is 0.786. The van der Waals surface area contributed by atoms with Crippen molar-refractivity contribution in [1.29, 1.82) is 0 Å². The summed E-state index contributed by atoms with van der Waals surface area (Å²) in [6.07, 6.45) is 3.10. The average molecular weight is 284 g/mol. The van der Waals surface area contributed by atoms with Crippen LogP contribution in [0, 0.1) is 0 Å². The predicted octanol–water partition coefficient (Wildman–Crippen LogP) is 1.60. The second kappa shape index (κ2) is 5.58. The Morgan fingerprint density at radius 3 is 3.05 bits per heavy atom. The number of fused-ring (bicyclic) bond motifs is 1. The van der Waals surface area contributed by atoms with Gasteiger partial charge in [-0.15, -0.1) is 5.10 Å². The second-order valence-electron chi connectivity index (χ2n) is 4.38. The molecule has 2 heterocycles. The molecular formula is C14H12N4O3. The fraction of sp³-hybridized carbons (Fsp3) is 0.143. The number of ether oxygens (including phenoxy) is 1. The minimum atomic E-state index is -1.09. The van der Waals surface area contributed by atoms with Gasteiger partial charge in [-0.05, 0) is 18.2 Å². The third-order valence-electron chi connectivity index (χ3n) is 2.92. The zero-order valence-electron chi connectivity index (χ0n) is 11.0. The van der Waals surface area contributed by atoms with E-state index in [1.54, 1.807) is 6.20 Å². The van der Waals surface area contributed by atoms with Crippen LogP contribution in [-0.4, -0.2) is 37.7 Å². The molecule has 7 heteroatoms. The van der Waals surface area contributed by atoms with Gasteiger partial charge in [0.25, 0.3) is 0 Å². The van der Waals surface area contributed by atoms with Crippen molar-refractivity contribution in [3.05, 3.63) is 48.4 Å². The SMILES string of the molecule is O=C(O)c1cn(CCOc2ccc3cccnc3c2)nn1. The van der Waals surface area contributed by atoms with Crippen LogP contribution in [0.25, 0.3) is 10.9 Å². The van der Waals surface area contributed by atoms with Crippen LogP contribution in [-0.2, 0) is 6.54 Å². The quantitative estimate of drug-likeness (QED) is 0.765. The van der Waals surface area contributed by atoms with E-state index in [1.807, 2.05) is 30.3 Å². The van der Waals surface area contributed by atoms with Crippen molar-refractivity contribution in [2.75, 3.05) is 6.61 Å². The molecule has 2 aromatic heterocycles. The summed E-state index contributed by atoms with van der Waals surface area (Å²) in [6, 6.07) is 9.53. The molecule has 0 unspecified atom stereocenters. The maximum absolute atomic E-state index is 10.7. The van der Waals surface area contributed by atoms with Gasteiger partial charge in [-0.25, -0.2) is 9.48 Å². The Morgan fingerprint density at radius 2 is 2.24 bits per heavy atom. The molecule has 0 radical (unpaired) electrons. The molecular weight excluding hydrogens is 272 g/mol. The summed E-state index contributed by atoms with van der Waals surface area (Å²) < 4.78 is 7.05. The van der Waals surface area contributed by atoms with Crippen LogP contribution in [0.3, 0.4) is 0 Å². The molecule has 0 atom stereocenters. The Labute approximate surface area is 119 Å². The van der Waals surface area contributed by atoms with Crippen LogP contribution in [0.2, 0.25) is 0 Å². The standard InChI is InChI=1S/C14H12N4O3/c19-14(20)13-9-18(17-16-13)6-7-21-11-4-3-10-2-1-5-15-12(10)8-11/h1-5,8-9H,6-7H2,(H,19,20). The molecule has 1 aromatic carbocycles. The fourth-order valence-corrected chi connectivity index (χ4v) is 1.90. The Bertz CT molecular complexity index is 784. The lowest BCUT2D eigenvalue weighted by Crippen LogP contribution is -2.08. The minimum absolute atomic E-state index is 0.0788. The number of rotatable bonds is 5. The number of aromatic nitrogens is 4. The highest BCUT2D eigenvalue weighted by molar-refractivity contribution is 5.84. The zero-order valence-corrected chi connectivity index (χ0v) is 11.0. The highest BCUT2D eigenvalue weighted by Crippen LogP contribution is 2.18. The van der Waals surface area contributed by atoms with E-state index in [1.165, 1.54) is 10.9 Å². The molecule has 0 aliphatic heterocycles. The van der Waals surface area contributed by atoms with Crippen LogP contribution in [0.5, 0.6) is 5.75 Å². The van der Waals surface area contributed by atoms with Gasteiger partial charge in [0.05, 0.1) is 18.3 Å². The number of aromatic carboxylic acids is 1. The van der Waals surface area contributed by atoms with Gasteiger partial charge >= 0.3 is 5.97 Å². The molecule has 106 valence electrons. The number of hydrogen-bond acceptors (Lipinski definition) is 5. The summed E-state index contributed by atoms with van der Waals surface area (Å²) in [7, 11) is 0. The van der Waals surface area contributed by atoms with E-state index in [-0.39, 0.29) is 5.69 Å². The van der Waals surface area contributed by atoms with E-state index in [0.29, 0.717) is 18.9 Å². The van der Waals surface area contributed by atoms with Crippen LogP contribution >= 0.6 is 0 Å². The maximum Gasteiger partial charge on any atom is 0.358 e. The average Bonchev–Trinajstić information content (AvgIpc) is 2.96.